The molecule has 3 nitrogen and oxygen atoms in total. The van der Waals surface area contributed by atoms with Gasteiger partial charge in [-0.15, -0.1) is 0 Å². The average Bonchev–Trinajstić information content (AvgIpc) is 3.13. The summed E-state index contributed by atoms with van der Waals surface area (Å²) >= 11 is 0. The predicted molar refractivity (Wildman–Crippen MR) is 76.0 cm³/mol. The van der Waals surface area contributed by atoms with E-state index in [0.29, 0.717) is 17.6 Å². The molecule has 0 N–H and O–H groups in total. The largest absolute Gasteiger partial charge is 0.379 e. The number of hydrogen-bond donors (Lipinski definition) is 0. The minimum absolute atomic E-state index is 0.361. The fourth-order valence-electron chi connectivity index (χ4n) is 2.30. The normalized spacial score (nSPS) is 26.7. The van der Waals surface area contributed by atoms with Gasteiger partial charge in [0.15, 0.2) is 0 Å². The average molecular weight is 257 g/mol. The van der Waals surface area contributed by atoms with Crippen molar-refractivity contribution in [3.63, 3.8) is 0 Å². The zero-order valence-corrected chi connectivity index (χ0v) is 12.9. The zero-order valence-electron chi connectivity index (χ0n) is 12.9. The molecule has 1 saturated heterocycles. The van der Waals surface area contributed by atoms with E-state index in [1.54, 1.807) is 0 Å². The van der Waals surface area contributed by atoms with Crippen LogP contribution in [-0.2, 0) is 9.47 Å². The summed E-state index contributed by atoms with van der Waals surface area (Å²) in [5, 5.41) is 0. The van der Waals surface area contributed by atoms with E-state index in [2.05, 4.69) is 25.7 Å². The van der Waals surface area contributed by atoms with Crippen LogP contribution in [0.5, 0.6) is 0 Å². The summed E-state index contributed by atoms with van der Waals surface area (Å²) in [6.07, 6.45) is 3.03. The summed E-state index contributed by atoms with van der Waals surface area (Å²) in [7, 11) is 0. The maximum Gasteiger partial charge on any atom is 0.0619 e. The monoisotopic (exact) mass is 257 g/mol. The Balaban J connectivity index is 0.000000771. The van der Waals surface area contributed by atoms with E-state index < -0.39 is 0 Å². The summed E-state index contributed by atoms with van der Waals surface area (Å²) in [5.74, 6) is 0. The van der Waals surface area contributed by atoms with Gasteiger partial charge in [-0.3, -0.25) is 4.90 Å². The van der Waals surface area contributed by atoms with Crippen molar-refractivity contribution in [2.75, 3.05) is 32.9 Å². The summed E-state index contributed by atoms with van der Waals surface area (Å²) in [4.78, 5) is 2.57. The van der Waals surface area contributed by atoms with Crippen LogP contribution in [0.25, 0.3) is 0 Å². The summed E-state index contributed by atoms with van der Waals surface area (Å²) < 4.78 is 11.3. The van der Waals surface area contributed by atoms with Crippen LogP contribution < -0.4 is 0 Å². The first kappa shape index (κ1) is 15.9. The molecule has 0 amide bonds. The van der Waals surface area contributed by atoms with Crippen LogP contribution in [0.15, 0.2) is 0 Å². The molecule has 3 heteroatoms. The van der Waals surface area contributed by atoms with E-state index in [0.717, 1.165) is 26.4 Å². The number of nitrogens with zero attached hydrogens (tertiary/aromatic N) is 1. The van der Waals surface area contributed by atoms with Gasteiger partial charge in [-0.2, -0.15) is 0 Å². The maximum absolute atomic E-state index is 5.79. The molecule has 0 aromatic heterocycles. The van der Waals surface area contributed by atoms with Crippen LogP contribution in [0.3, 0.4) is 0 Å². The molecule has 0 aromatic carbocycles. The molecule has 1 aliphatic heterocycles. The molecule has 1 atom stereocenters. The standard InChI is InChI=1S/C13H25NO2.C2H6/c1-11(2)16-10-13(4-5-13)9-14-6-7-15-8-12(14)3;1-2/h11-12H,4-10H2,1-3H3;1-2H3. The molecule has 1 aliphatic carbocycles. The second kappa shape index (κ2) is 7.46. The Morgan fingerprint density at radius 2 is 2.00 bits per heavy atom. The highest BCUT2D eigenvalue weighted by molar-refractivity contribution is 4.96. The Bertz CT molecular complexity index is 227. The van der Waals surface area contributed by atoms with E-state index in [1.165, 1.54) is 19.4 Å². The van der Waals surface area contributed by atoms with Gasteiger partial charge in [-0.05, 0) is 33.6 Å². The topological polar surface area (TPSA) is 21.7 Å². The molecule has 0 radical (unpaired) electrons. The van der Waals surface area contributed by atoms with Gasteiger partial charge >= 0.3 is 0 Å². The van der Waals surface area contributed by atoms with Crippen molar-refractivity contribution in [2.45, 2.75) is 59.6 Å². The molecule has 108 valence electrons. The second-order valence-corrected chi connectivity index (χ2v) is 5.75. The van der Waals surface area contributed by atoms with Crippen molar-refractivity contribution in [3.05, 3.63) is 0 Å². The van der Waals surface area contributed by atoms with Crippen molar-refractivity contribution in [1.82, 2.24) is 4.90 Å². The highest BCUT2D eigenvalue weighted by atomic mass is 16.5. The molecular formula is C15H31NO2. The lowest BCUT2D eigenvalue weighted by Gasteiger charge is -2.36. The fraction of sp³-hybridized carbons (Fsp3) is 1.00. The smallest absolute Gasteiger partial charge is 0.0619 e. The van der Waals surface area contributed by atoms with Gasteiger partial charge in [0.2, 0.25) is 0 Å². The fourth-order valence-corrected chi connectivity index (χ4v) is 2.30. The van der Waals surface area contributed by atoms with Crippen LogP contribution in [-0.4, -0.2) is 50.0 Å². The third kappa shape index (κ3) is 4.87. The molecule has 1 saturated carbocycles. The van der Waals surface area contributed by atoms with E-state index in [9.17, 15) is 0 Å². The van der Waals surface area contributed by atoms with E-state index in [-0.39, 0.29) is 0 Å². The first-order valence-electron chi connectivity index (χ1n) is 7.55. The molecule has 18 heavy (non-hydrogen) atoms. The van der Waals surface area contributed by atoms with Crippen molar-refractivity contribution in [2.24, 2.45) is 5.41 Å². The molecule has 2 rings (SSSR count). The molecular weight excluding hydrogens is 226 g/mol. The van der Waals surface area contributed by atoms with Gasteiger partial charge in [-0.1, -0.05) is 13.8 Å². The van der Waals surface area contributed by atoms with Crippen molar-refractivity contribution in [1.29, 1.82) is 0 Å². The molecule has 1 heterocycles. The summed E-state index contributed by atoms with van der Waals surface area (Å²) in [6.45, 7) is 15.5. The van der Waals surface area contributed by atoms with Crippen molar-refractivity contribution < 1.29 is 9.47 Å². The zero-order chi connectivity index (χ0) is 13.6. The lowest BCUT2D eigenvalue weighted by molar-refractivity contribution is -0.0259. The quantitative estimate of drug-likeness (QED) is 0.756. The van der Waals surface area contributed by atoms with Crippen LogP contribution in [0.4, 0.5) is 0 Å². The predicted octanol–water partition coefficient (Wildman–Crippen LogP) is 2.94. The SMILES string of the molecule is CC.CC(C)OCC1(CN2CCOCC2C)CC1. The molecule has 0 spiro atoms. The lowest BCUT2D eigenvalue weighted by Crippen LogP contribution is -2.47. The Kier molecular flexibility index (Phi) is 6.61. The van der Waals surface area contributed by atoms with Crippen molar-refractivity contribution >= 4 is 0 Å². The Hall–Kier alpha value is -0.120. The van der Waals surface area contributed by atoms with Gasteiger partial charge in [0.1, 0.15) is 0 Å². The van der Waals surface area contributed by atoms with Crippen LogP contribution in [0.2, 0.25) is 0 Å². The number of hydrogen-bond acceptors (Lipinski definition) is 3. The van der Waals surface area contributed by atoms with E-state index >= 15 is 0 Å². The second-order valence-electron chi connectivity index (χ2n) is 5.75. The first-order chi connectivity index (χ1) is 8.61. The van der Waals surface area contributed by atoms with Gasteiger partial charge in [0.25, 0.3) is 0 Å². The number of morpholine rings is 1. The maximum atomic E-state index is 5.79. The number of rotatable bonds is 5. The summed E-state index contributed by atoms with van der Waals surface area (Å²) in [6, 6.07) is 0.574. The molecule has 0 bridgehead atoms. The van der Waals surface area contributed by atoms with Gasteiger partial charge < -0.3 is 9.47 Å². The molecule has 2 fully saturated rings. The number of ether oxygens (including phenoxy) is 2. The van der Waals surface area contributed by atoms with Crippen LogP contribution in [0.1, 0.15) is 47.5 Å². The lowest BCUT2D eigenvalue weighted by atomic mass is 10.1. The van der Waals surface area contributed by atoms with Crippen LogP contribution in [0, 0.1) is 5.41 Å². The molecule has 2 aliphatic rings. The highest BCUT2D eigenvalue weighted by Gasteiger charge is 2.45. The first-order valence-corrected chi connectivity index (χ1v) is 7.55. The Labute approximate surface area is 113 Å². The van der Waals surface area contributed by atoms with Gasteiger partial charge in [-0.25, -0.2) is 0 Å². The molecule has 1 unspecified atom stereocenters. The Morgan fingerprint density at radius 3 is 2.50 bits per heavy atom. The van der Waals surface area contributed by atoms with Crippen molar-refractivity contribution in [3.8, 4) is 0 Å². The minimum Gasteiger partial charge on any atom is -0.379 e. The van der Waals surface area contributed by atoms with Gasteiger partial charge in [0.05, 0.1) is 25.9 Å². The van der Waals surface area contributed by atoms with Gasteiger partial charge in [0, 0.05) is 24.5 Å². The minimum atomic E-state index is 0.361. The third-order valence-electron chi connectivity index (χ3n) is 3.72. The highest BCUT2D eigenvalue weighted by Crippen LogP contribution is 2.47. The summed E-state index contributed by atoms with van der Waals surface area (Å²) in [5.41, 5.74) is 0.468. The Morgan fingerprint density at radius 1 is 1.33 bits per heavy atom. The van der Waals surface area contributed by atoms with E-state index in [1.807, 2.05) is 13.8 Å². The van der Waals surface area contributed by atoms with E-state index in [4.69, 9.17) is 9.47 Å². The molecule has 0 aromatic rings. The van der Waals surface area contributed by atoms with Crippen LogP contribution >= 0.6 is 0 Å². The third-order valence-corrected chi connectivity index (χ3v) is 3.72.